The van der Waals surface area contributed by atoms with E-state index in [0.29, 0.717) is 48.3 Å². The van der Waals surface area contributed by atoms with Gasteiger partial charge < -0.3 is 24.3 Å². The molecule has 6 nitrogen and oxygen atoms in total. The van der Waals surface area contributed by atoms with E-state index < -0.39 is 0 Å². The molecule has 5 rings (SSSR count). The molecule has 0 unspecified atom stereocenters. The van der Waals surface area contributed by atoms with E-state index in [1.54, 1.807) is 36.4 Å². The van der Waals surface area contributed by atoms with Gasteiger partial charge in [0.1, 0.15) is 31.3 Å². The number of ether oxygens (including phenoxy) is 4. The van der Waals surface area contributed by atoms with Crippen LogP contribution in [0.2, 0.25) is 0 Å². The number of amides is 1. The molecule has 1 aliphatic rings. The van der Waals surface area contributed by atoms with Crippen LogP contribution in [0.3, 0.4) is 0 Å². The second-order valence-corrected chi connectivity index (χ2v) is 8.25. The van der Waals surface area contributed by atoms with Gasteiger partial charge in [-0.25, -0.2) is 0 Å². The maximum Gasteiger partial charge on any atom is 0.255 e. The number of hydrogen-bond acceptors (Lipinski definition) is 5. The maximum atomic E-state index is 13.0. The Hall–Kier alpha value is -4.45. The first-order valence-corrected chi connectivity index (χ1v) is 11.9. The minimum Gasteiger partial charge on any atom is -0.493 e. The lowest BCUT2D eigenvalue weighted by Gasteiger charge is -2.19. The summed E-state index contributed by atoms with van der Waals surface area (Å²) in [6.07, 6.45) is 0. The number of carbonyl (C=O) groups is 1. The van der Waals surface area contributed by atoms with E-state index in [-0.39, 0.29) is 12.5 Å². The zero-order valence-electron chi connectivity index (χ0n) is 20.0. The molecule has 0 aromatic heterocycles. The largest absolute Gasteiger partial charge is 0.493 e. The standard InChI is InChI=1S/C30H27NO5/c1-2-33-27-14-10-23(30(32)31-25-11-15-28-29(19-25)35-17-16-34-28)18-24(27)20-36-26-12-8-22(9-13-26)21-6-4-3-5-7-21/h3-15,18-19H,2,16-17,20H2,1H3,(H,31,32). The minimum absolute atomic E-state index is 0.233. The van der Waals surface area contributed by atoms with Gasteiger partial charge in [-0.3, -0.25) is 4.79 Å². The fourth-order valence-corrected chi connectivity index (χ4v) is 3.99. The van der Waals surface area contributed by atoms with E-state index in [2.05, 4.69) is 17.4 Å². The highest BCUT2D eigenvalue weighted by atomic mass is 16.6. The molecule has 4 aromatic carbocycles. The first-order chi connectivity index (χ1) is 17.7. The van der Waals surface area contributed by atoms with Crippen molar-refractivity contribution >= 4 is 11.6 Å². The number of fused-ring (bicyclic) bond motifs is 1. The van der Waals surface area contributed by atoms with Crippen LogP contribution in [0.15, 0.2) is 91.0 Å². The summed E-state index contributed by atoms with van der Waals surface area (Å²) >= 11 is 0. The second kappa shape index (κ2) is 10.9. The topological polar surface area (TPSA) is 66.0 Å². The summed E-state index contributed by atoms with van der Waals surface area (Å²) in [6.45, 7) is 3.72. The first kappa shape index (κ1) is 23.3. The van der Waals surface area contributed by atoms with Crippen molar-refractivity contribution in [3.05, 3.63) is 102 Å². The highest BCUT2D eigenvalue weighted by Crippen LogP contribution is 2.33. The molecule has 0 bridgehead atoms. The summed E-state index contributed by atoms with van der Waals surface area (Å²) in [5, 5.41) is 2.93. The van der Waals surface area contributed by atoms with Gasteiger partial charge in [-0.05, 0) is 60.5 Å². The third-order valence-corrected chi connectivity index (χ3v) is 5.78. The zero-order chi connectivity index (χ0) is 24.7. The SMILES string of the molecule is CCOc1ccc(C(=O)Nc2ccc3c(c2)OCCO3)cc1COc1ccc(-c2ccccc2)cc1. The summed E-state index contributed by atoms with van der Waals surface area (Å²) < 4.78 is 23.0. The average Bonchev–Trinajstić information content (AvgIpc) is 2.93. The number of nitrogens with one attached hydrogen (secondary N) is 1. The molecule has 0 atom stereocenters. The van der Waals surface area contributed by atoms with Crippen molar-refractivity contribution in [2.45, 2.75) is 13.5 Å². The van der Waals surface area contributed by atoms with Crippen molar-refractivity contribution in [1.82, 2.24) is 0 Å². The third-order valence-electron chi connectivity index (χ3n) is 5.78. The minimum atomic E-state index is -0.233. The Bertz CT molecular complexity index is 1340. The number of hydrogen-bond donors (Lipinski definition) is 1. The Labute approximate surface area is 210 Å². The molecule has 6 heteroatoms. The Balaban J connectivity index is 1.29. The summed E-state index contributed by atoms with van der Waals surface area (Å²) in [7, 11) is 0. The molecular weight excluding hydrogens is 454 g/mol. The first-order valence-electron chi connectivity index (χ1n) is 11.9. The summed E-state index contributed by atoms with van der Waals surface area (Å²) in [5.74, 6) is 2.50. The molecule has 0 saturated heterocycles. The molecule has 0 saturated carbocycles. The monoisotopic (exact) mass is 481 g/mol. The van der Waals surface area contributed by atoms with Gasteiger partial charge >= 0.3 is 0 Å². The van der Waals surface area contributed by atoms with Crippen molar-refractivity contribution in [3.8, 4) is 34.1 Å². The van der Waals surface area contributed by atoms with Crippen LogP contribution in [0.25, 0.3) is 11.1 Å². The van der Waals surface area contributed by atoms with E-state index in [1.165, 1.54) is 0 Å². The zero-order valence-corrected chi connectivity index (χ0v) is 20.0. The molecule has 1 heterocycles. The molecule has 0 spiro atoms. The fourth-order valence-electron chi connectivity index (χ4n) is 3.99. The summed E-state index contributed by atoms with van der Waals surface area (Å²) in [6, 6.07) is 28.9. The van der Waals surface area contributed by atoms with Crippen LogP contribution in [0, 0.1) is 0 Å². The molecule has 1 amide bonds. The van der Waals surface area contributed by atoms with Gasteiger partial charge in [-0.2, -0.15) is 0 Å². The van der Waals surface area contributed by atoms with Gasteiger partial charge in [0.2, 0.25) is 0 Å². The molecule has 36 heavy (non-hydrogen) atoms. The molecule has 0 aliphatic carbocycles. The van der Waals surface area contributed by atoms with Gasteiger partial charge in [0.25, 0.3) is 5.91 Å². The highest BCUT2D eigenvalue weighted by Gasteiger charge is 2.15. The lowest BCUT2D eigenvalue weighted by molar-refractivity contribution is 0.102. The van der Waals surface area contributed by atoms with E-state index in [9.17, 15) is 4.79 Å². The van der Waals surface area contributed by atoms with Crippen LogP contribution in [-0.2, 0) is 6.61 Å². The van der Waals surface area contributed by atoms with Crippen LogP contribution in [0.5, 0.6) is 23.0 Å². The second-order valence-electron chi connectivity index (χ2n) is 8.25. The number of benzene rings is 4. The molecule has 1 aliphatic heterocycles. The van der Waals surface area contributed by atoms with Crippen LogP contribution in [0.1, 0.15) is 22.8 Å². The Morgan fingerprint density at radius 3 is 2.33 bits per heavy atom. The van der Waals surface area contributed by atoms with Crippen molar-refractivity contribution < 1.29 is 23.7 Å². The summed E-state index contributed by atoms with van der Waals surface area (Å²) in [4.78, 5) is 13.0. The normalized spacial score (nSPS) is 12.0. The van der Waals surface area contributed by atoms with Gasteiger partial charge in [-0.15, -0.1) is 0 Å². The van der Waals surface area contributed by atoms with Crippen molar-refractivity contribution in [1.29, 1.82) is 0 Å². The van der Waals surface area contributed by atoms with Crippen LogP contribution in [0.4, 0.5) is 5.69 Å². The van der Waals surface area contributed by atoms with E-state index in [4.69, 9.17) is 18.9 Å². The van der Waals surface area contributed by atoms with E-state index in [1.807, 2.05) is 49.4 Å². The number of carbonyl (C=O) groups excluding carboxylic acids is 1. The number of anilines is 1. The van der Waals surface area contributed by atoms with Gasteiger partial charge in [0.15, 0.2) is 11.5 Å². The lowest BCUT2D eigenvalue weighted by atomic mass is 10.1. The fraction of sp³-hybridized carbons (Fsp3) is 0.167. The van der Waals surface area contributed by atoms with Gasteiger partial charge in [0, 0.05) is 22.9 Å². The lowest BCUT2D eigenvalue weighted by Crippen LogP contribution is -2.16. The molecular formula is C30H27NO5. The van der Waals surface area contributed by atoms with E-state index in [0.717, 1.165) is 22.4 Å². The Morgan fingerprint density at radius 1 is 0.806 bits per heavy atom. The Morgan fingerprint density at radius 2 is 1.56 bits per heavy atom. The quantitative estimate of drug-likeness (QED) is 0.317. The maximum absolute atomic E-state index is 13.0. The molecule has 4 aromatic rings. The van der Waals surface area contributed by atoms with Gasteiger partial charge in [0.05, 0.1) is 6.61 Å². The Kier molecular flexibility index (Phi) is 7.03. The molecule has 1 N–H and O–H groups in total. The third kappa shape index (κ3) is 5.44. The van der Waals surface area contributed by atoms with Crippen LogP contribution in [-0.4, -0.2) is 25.7 Å². The van der Waals surface area contributed by atoms with Crippen molar-refractivity contribution in [2.75, 3.05) is 25.1 Å². The molecule has 0 radical (unpaired) electrons. The van der Waals surface area contributed by atoms with Crippen LogP contribution >= 0.6 is 0 Å². The van der Waals surface area contributed by atoms with Crippen molar-refractivity contribution in [3.63, 3.8) is 0 Å². The average molecular weight is 482 g/mol. The van der Waals surface area contributed by atoms with Crippen LogP contribution < -0.4 is 24.3 Å². The predicted octanol–water partition coefficient (Wildman–Crippen LogP) is 6.35. The summed E-state index contributed by atoms with van der Waals surface area (Å²) in [5.41, 5.74) is 4.20. The highest BCUT2D eigenvalue weighted by molar-refractivity contribution is 6.04. The predicted molar refractivity (Wildman–Crippen MR) is 139 cm³/mol. The number of rotatable bonds is 8. The molecule has 182 valence electrons. The van der Waals surface area contributed by atoms with Gasteiger partial charge in [-0.1, -0.05) is 42.5 Å². The van der Waals surface area contributed by atoms with Crippen molar-refractivity contribution in [2.24, 2.45) is 0 Å². The smallest absolute Gasteiger partial charge is 0.255 e. The van der Waals surface area contributed by atoms with E-state index >= 15 is 0 Å². The molecule has 0 fully saturated rings.